The first-order chi connectivity index (χ1) is 13.5. The molecular weight excluding hydrogens is 396 g/mol. The van der Waals surface area contributed by atoms with Crippen molar-refractivity contribution < 1.29 is 17.9 Å². The van der Waals surface area contributed by atoms with E-state index >= 15 is 0 Å². The van der Waals surface area contributed by atoms with Crippen LogP contribution < -0.4 is 4.74 Å². The first kappa shape index (κ1) is 19.0. The summed E-state index contributed by atoms with van der Waals surface area (Å²) in [5.74, 6) is 0.457. The Balaban J connectivity index is 1.50. The summed E-state index contributed by atoms with van der Waals surface area (Å²) in [6.07, 6.45) is 0. The number of thioether (sulfide) groups is 1. The van der Waals surface area contributed by atoms with E-state index in [2.05, 4.69) is 4.99 Å². The van der Waals surface area contributed by atoms with Gasteiger partial charge < -0.3 is 9.64 Å². The Labute approximate surface area is 168 Å². The Hall–Kier alpha value is -2.32. The second kappa shape index (κ2) is 7.97. The monoisotopic (exact) mass is 416 g/mol. The van der Waals surface area contributed by atoms with E-state index in [4.69, 9.17) is 4.74 Å². The number of nitrogens with zero attached hydrogens (tertiary/aromatic N) is 2. The van der Waals surface area contributed by atoms with Crippen molar-refractivity contribution >= 4 is 32.7 Å². The number of rotatable bonds is 5. The number of amides is 1. The molecule has 2 aromatic rings. The highest BCUT2D eigenvalue weighted by Gasteiger charge is 2.48. The normalized spacial score (nSPS) is 24.3. The van der Waals surface area contributed by atoms with Crippen LogP contribution in [0.4, 0.5) is 0 Å². The van der Waals surface area contributed by atoms with Crippen molar-refractivity contribution in [1.29, 1.82) is 0 Å². The van der Waals surface area contributed by atoms with E-state index in [9.17, 15) is 13.2 Å². The lowest BCUT2D eigenvalue weighted by Gasteiger charge is -2.24. The van der Waals surface area contributed by atoms with E-state index in [1.54, 1.807) is 12.1 Å². The maximum atomic E-state index is 12.3. The van der Waals surface area contributed by atoms with Crippen LogP contribution in [0.2, 0.25) is 0 Å². The Morgan fingerprint density at radius 3 is 2.46 bits per heavy atom. The van der Waals surface area contributed by atoms with Gasteiger partial charge in [-0.2, -0.15) is 4.99 Å². The van der Waals surface area contributed by atoms with Gasteiger partial charge in [0.05, 0.1) is 17.5 Å². The molecule has 2 aliphatic heterocycles. The predicted octanol–water partition coefficient (Wildman–Crippen LogP) is 2.36. The molecule has 0 saturated carbocycles. The van der Waals surface area contributed by atoms with Gasteiger partial charge in [0.1, 0.15) is 5.75 Å². The van der Waals surface area contributed by atoms with Crippen molar-refractivity contribution in [3.8, 4) is 5.75 Å². The van der Waals surface area contributed by atoms with Gasteiger partial charge in [0.2, 0.25) is 0 Å². The second-order valence-electron chi connectivity index (χ2n) is 6.80. The Morgan fingerprint density at radius 2 is 1.75 bits per heavy atom. The highest BCUT2D eigenvalue weighted by Crippen LogP contribution is 2.39. The third-order valence-electron chi connectivity index (χ3n) is 4.70. The molecule has 2 fully saturated rings. The van der Waals surface area contributed by atoms with Crippen molar-refractivity contribution in [3.63, 3.8) is 0 Å². The minimum absolute atomic E-state index is 0.0877. The summed E-state index contributed by atoms with van der Waals surface area (Å²) in [6, 6.07) is 18.7. The lowest BCUT2D eigenvalue weighted by Crippen LogP contribution is -2.37. The summed E-state index contributed by atoms with van der Waals surface area (Å²) in [5.41, 5.74) is 1.05. The molecule has 2 aromatic carbocycles. The number of aliphatic imine (C=N–C) groups is 1. The largest absolute Gasteiger partial charge is 0.484 e. The summed E-state index contributed by atoms with van der Waals surface area (Å²) in [6.45, 7) is 0.372. The zero-order chi connectivity index (χ0) is 19.6. The molecule has 8 heteroatoms. The molecule has 0 radical (unpaired) electrons. The molecule has 0 aliphatic carbocycles. The number of fused-ring (bicyclic) bond motifs is 1. The van der Waals surface area contributed by atoms with E-state index < -0.39 is 9.84 Å². The number of carbonyl (C=O) groups excluding carboxylic acids is 1. The topological polar surface area (TPSA) is 76.0 Å². The van der Waals surface area contributed by atoms with Crippen LogP contribution in [0.5, 0.6) is 5.75 Å². The van der Waals surface area contributed by atoms with Gasteiger partial charge in [0.25, 0.3) is 5.91 Å². The summed E-state index contributed by atoms with van der Waals surface area (Å²) in [7, 11) is -3.06. The molecule has 0 bridgehead atoms. The molecule has 2 atom stereocenters. The Kier molecular flexibility index (Phi) is 5.41. The lowest BCUT2D eigenvalue weighted by molar-refractivity contribution is -0.119. The first-order valence-electron chi connectivity index (χ1n) is 8.97. The lowest BCUT2D eigenvalue weighted by atomic mass is 10.1. The van der Waals surface area contributed by atoms with Crippen LogP contribution in [-0.4, -0.2) is 53.8 Å². The average molecular weight is 417 g/mol. The van der Waals surface area contributed by atoms with Crippen LogP contribution in [0.15, 0.2) is 65.7 Å². The highest BCUT2D eigenvalue weighted by atomic mass is 32.2. The predicted molar refractivity (Wildman–Crippen MR) is 110 cm³/mol. The smallest absolute Gasteiger partial charge is 0.285 e. The van der Waals surface area contributed by atoms with E-state index in [0.717, 1.165) is 5.56 Å². The molecular formula is C20H20N2O4S2. The van der Waals surface area contributed by atoms with Crippen LogP contribution in [0, 0.1) is 0 Å². The summed E-state index contributed by atoms with van der Waals surface area (Å²) in [5, 5.41) is 0.491. The van der Waals surface area contributed by atoms with E-state index in [1.807, 2.05) is 53.4 Å². The minimum atomic E-state index is -3.06. The molecule has 6 nitrogen and oxygen atoms in total. The molecule has 2 aliphatic rings. The zero-order valence-corrected chi connectivity index (χ0v) is 16.7. The van der Waals surface area contributed by atoms with Gasteiger partial charge in [-0.25, -0.2) is 8.42 Å². The molecule has 0 aromatic heterocycles. The van der Waals surface area contributed by atoms with Gasteiger partial charge in [-0.15, -0.1) is 0 Å². The van der Waals surface area contributed by atoms with Crippen LogP contribution in [0.1, 0.15) is 5.56 Å². The van der Waals surface area contributed by atoms with Gasteiger partial charge >= 0.3 is 0 Å². The number of sulfone groups is 1. The van der Waals surface area contributed by atoms with Gasteiger partial charge in [-0.3, -0.25) is 4.79 Å². The summed E-state index contributed by atoms with van der Waals surface area (Å²) < 4.78 is 29.6. The van der Waals surface area contributed by atoms with Gasteiger partial charge in [-0.1, -0.05) is 60.3 Å². The molecule has 0 spiro atoms. The van der Waals surface area contributed by atoms with Crippen LogP contribution in [0.3, 0.4) is 0 Å². The fraction of sp³-hybridized carbons (Fsp3) is 0.300. The van der Waals surface area contributed by atoms with Crippen molar-refractivity contribution in [3.05, 3.63) is 66.2 Å². The van der Waals surface area contributed by atoms with Crippen LogP contribution in [-0.2, 0) is 21.2 Å². The van der Waals surface area contributed by atoms with Crippen molar-refractivity contribution in [1.82, 2.24) is 4.90 Å². The van der Waals surface area contributed by atoms with Crippen LogP contribution in [0.25, 0.3) is 0 Å². The number of benzene rings is 2. The molecule has 146 valence electrons. The van der Waals surface area contributed by atoms with E-state index in [1.165, 1.54) is 11.8 Å². The minimum Gasteiger partial charge on any atom is -0.484 e. The third kappa shape index (κ3) is 4.39. The number of para-hydroxylation sites is 1. The Bertz CT molecular complexity index is 978. The maximum Gasteiger partial charge on any atom is 0.285 e. The fourth-order valence-electron chi connectivity index (χ4n) is 3.40. The van der Waals surface area contributed by atoms with Crippen LogP contribution >= 0.6 is 11.8 Å². The molecule has 28 heavy (non-hydrogen) atoms. The quantitative estimate of drug-likeness (QED) is 0.745. The molecule has 2 saturated heterocycles. The number of ether oxygens (including phenoxy) is 1. The molecule has 0 N–H and O–H groups in total. The van der Waals surface area contributed by atoms with E-state index in [-0.39, 0.29) is 35.3 Å². The van der Waals surface area contributed by atoms with Crippen molar-refractivity contribution in [2.75, 3.05) is 18.1 Å². The third-order valence-corrected chi connectivity index (χ3v) is 7.94. The number of hydrogen-bond donors (Lipinski definition) is 0. The fourth-order valence-corrected chi connectivity index (χ4v) is 7.37. The van der Waals surface area contributed by atoms with Gasteiger partial charge in [-0.05, 0) is 17.7 Å². The standard InChI is InChI=1S/C20H20N2O4S2/c23-19(12-26-16-9-5-2-6-10-16)21-20-22(11-15-7-3-1-4-8-15)17-13-28(24,25)14-18(17)27-20/h1-10,17-18H,11-14H2/t17-,18+/m1/s1. The Morgan fingerprint density at radius 1 is 1.07 bits per heavy atom. The van der Waals surface area contributed by atoms with Crippen molar-refractivity contribution in [2.45, 2.75) is 17.8 Å². The molecule has 2 heterocycles. The number of carbonyl (C=O) groups is 1. The number of amidine groups is 1. The van der Waals surface area contributed by atoms with Crippen molar-refractivity contribution in [2.24, 2.45) is 4.99 Å². The van der Waals surface area contributed by atoms with Gasteiger partial charge in [0, 0.05) is 11.8 Å². The summed E-state index contributed by atoms with van der Waals surface area (Å²) in [4.78, 5) is 18.5. The number of hydrogen-bond acceptors (Lipinski definition) is 5. The highest BCUT2D eigenvalue weighted by molar-refractivity contribution is 8.15. The molecule has 4 rings (SSSR count). The van der Waals surface area contributed by atoms with Gasteiger partial charge in [0.15, 0.2) is 21.6 Å². The first-order valence-corrected chi connectivity index (χ1v) is 11.7. The maximum absolute atomic E-state index is 12.3. The zero-order valence-electron chi connectivity index (χ0n) is 15.1. The summed E-state index contributed by atoms with van der Waals surface area (Å²) >= 11 is 1.38. The SMILES string of the molecule is O=C(COc1ccccc1)N=C1S[C@H]2CS(=O)(=O)C[C@H]2N1Cc1ccccc1. The second-order valence-corrected chi connectivity index (χ2v) is 10.2. The average Bonchev–Trinajstić information content (AvgIpc) is 3.14. The molecule has 0 unspecified atom stereocenters. The molecule has 1 amide bonds. The van der Waals surface area contributed by atoms with E-state index in [0.29, 0.717) is 17.5 Å².